The number of carbonyl (C=O) groups excluding carboxylic acids is 1. The lowest BCUT2D eigenvalue weighted by Crippen LogP contribution is -2.01. The summed E-state index contributed by atoms with van der Waals surface area (Å²) in [6.07, 6.45) is 1.73. The molecule has 26 heavy (non-hydrogen) atoms. The minimum atomic E-state index is -3.26. The van der Waals surface area contributed by atoms with Gasteiger partial charge in [0.15, 0.2) is 15.7 Å². The molecule has 0 radical (unpaired) electrons. The van der Waals surface area contributed by atoms with Crippen LogP contribution in [0.15, 0.2) is 59.5 Å². The van der Waals surface area contributed by atoms with Gasteiger partial charge in [-0.15, -0.1) is 5.10 Å². The van der Waals surface area contributed by atoms with Crippen molar-refractivity contribution in [2.75, 3.05) is 23.9 Å². The standard InChI is InChI=1S/C18H18N4O3S/c1-19-14-5-7-15(8-6-14)22-17(11-18(21-22)20-12-23)13-3-9-16(10-4-13)26(2,24)25/h3-12,19H,1-2H3,(H,20,21,23). The molecule has 1 heterocycles. The molecule has 0 spiro atoms. The lowest BCUT2D eigenvalue weighted by atomic mass is 10.1. The van der Waals surface area contributed by atoms with E-state index in [4.69, 9.17) is 0 Å². The number of benzene rings is 2. The van der Waals surface area contributed by atoms with Gasteiger partial charge in [-0.2, -0.15) is 0 Å². The van der Waals surface area contributed by atoms with Crippen molar-refractivity contribution in [2.24, 2.45) is 0 Å². The zero-order valence-corrected chi connectivity index (χ0v) is 15.1. The van der Waals surface area contributed by atoms with Gasteiger partial charge >= 0.3 is 0 Å². The number of rotatable bonds is 6. The molecule has 0 fully saturated rings. The van der Waals surface area contributed by atoms with E-state index in [2.05, 4.69) is 15.7 Å². The molecule has 0 saturated carbocycles. The molecule has 0 aliphatic rings. The Balaban J connectivity index is 2.09. The van der Waals surface area contributed by atoms with Crippen molar-refractivity contribution >= 4 is 27.8 Å². The molecule has 0 atom stereocenters. The van der Waals surface area contributed by atoms with Gasteiger partial charge in [0.05, 0.1) is 16.3 Å². The summed E-state index contributed by atoms with van der Waals surface area (Å²) in [5.74, 6) is 0.403. The van der Waals surface area contributed by atoms with E-state index in [9.17, 15) is 13.2 Å². The Labute approximate surface area is 151 Å². The highest BCUT2D eigenvalue weighted by Gasteiger charge is 2.13. The highest BCUT2D eigenvalue weighted by Crippen LogP contribution is 2.27. The first-order valence-corrected chi connectivity index (χ1v) is 9.70. The smallest absolute Gasteiger partial charge is 0.212 e. The Morgan fingerprint density at radius 3 is 2.23 bits per heavy atom. The van der Waals surface area contributed by atoms with Gasteiger partial charge in [-0.05, 0) is 36.4 Å². The maximum atomic E-state index is 11.6. The number of nitrogens with one attached hydrogen (secondary N) is 2. The molecule has 2 aromatic carbocycles. The summed E-state index contributed by atoms with van der Waals surface area (Å²) in [4.78, 5) is 11.0. The molecule has 1 aromatic heterocycles. The molecular formula is C18H18N4O3S. The van der Waals surface area contributed by atoms with Gasteiger partial charge in [0, 0.05) is 30.6 Å². The molecular weight excluding hydrogens is 352 g/mol. The number of aromatic nitrogens is 2. The number of hydrogen-bond acceptors (Lipinski definition) is 5. The van der Waals surface area contributed by atoms with Crippen molar-refractivity contribution in [1.82, 2.24) is 9.78 Å². The molecule has 0 bridgehead atoms. The minimum Gasteiger partial charge on any atom is -0.388 e. The van der Waals surface area contributed by atoms with Crippen LogP contribution in [0.4, 0.5) is 11.5 Å². The van der Waals surface area contributed by atoms with Crippen LogP contribution in [-0.2, 0) is 14.6 Å². The fourth-order valence-corrected chi connectivity index (χ4v) is 3.19. The van der Waals surface area contributed by atoms with Gasteiger partial charge in [0.1, 0.15) is 0 Å². The summed E-state index contributed by atoms with van der Waals surface area (Å²) in [5, 5.41) is 10.0. The highest BCUT2D eigenvalue weighted by molar-refractivity contribution is 7.90. The number of carbonyl (C=O) groups is 1. The van der Waals surface area contributed by atoms with Crippen LogP contribution >= 0.6 is 0 Å². The summed E-state index contributed by atoms with van der Waals surface area (Å²) in [7, 11) is -1.43. The largest absolute Gasteiger partial charge is 0.388 e. The topological polar surface area (TPSA) is 93.1 Å². The zero-order chi connectivity index (χ0) is 18.7. The molecule has 0 unspecified atom stereocenters. The second-order valence-electron chi connectivity index (χ2n) is 5.68. The normalized spacial score (nSPS) is 11.2. The Kier molecular flexibility index (Phi) is 4.77. The van der Waals surface area contributed by atoms with Gasteiger partial charge in [-0.1, -0.05) is 12.1 Å². The predicted molar refractivity (Wildman–Crippen MR) is 101 cm³/mol. The van der Waals surface area contributed by atoms with Crippen molar-refractivity contribution in [3.63, 3.8) is 0 Å². The molecule has 2 N–H and O–H groups in total. The first kappa shape index (κ1) is 17.7. The van der Waals surface area contributed by atoms with Crippen molar-refractivity contribution in [1.29, 1.82) is 0 Å². The number of anilines is 2. The van der Waals surface area contributed by atoms with E-state index in [0.29, 0.717) is 12.2 Å². The molecule has 0 aliphatic heterocycles. The molecule has 7 nitrogen and oxygen atoms in total. The Hall–Kier alpha value is -3.13. The third-order valence-electron chi connectivity index (χ3n) is 3.89. The molecule has 0 saturated heterocycles. The van der Waals surface area contributed by atoms with Gasteiger partial charge in [-0.25, -0.2) is 13.1 Å². The van der Waals surface area contributed by atoms with Crippen LogP contribution < -0.4 is 10.6 Å². The first-order valence-electron chi connectivity index (χ1n) is 7.81. The van der Waals surface area contributed by atoms with Crippen LogP contribution in [0.1, 0.15) is 0 Å². The summed E-state index contributed by atoms with van der Waals surface area (Å²) in [5.41, 5.74) is 3.28. The second-order valence-corrected chi connectivity index (χ2v) is 7.70. The van der Waals surface area contributed by atoms with Crippen molar-refractivity contribution < 1.29 is 13.2 Å². The summed E-state index contributed by atoms with van der Waals surface area (Å²) >= 11 is 0. The highest BCUT2D eigenvalue weighted by atomic mass is 32.2. The monoisotopic (exact) mass is 370 g/mol. The van der Waals surface area contributed by atoms with E-state index < -0.39 is 9.84 Å². The maximum absolute atomic E-state index is 11.6. The lowest BCUT2D eigenvalue weighted by Gasteiger charge is -2.09. The SMILES string of the molecule is CNc1ccc(-n2nc(NC=O)cc2-c2ccc(S(C)(=O)=O)cc2)cc1. The van der Waals surface area contributed by atoms with Gasteiger partial charge in [0.2, 0.25) is 6.41 Å². The Morgan fingerprint density at radius 2 is 1.69 bits per heavy atom. The van der Waals surface area contributed by atoms with Crippen LogP contribution in [0, 0.1) is 0 Å². The number of nitrogens with zero attached hydrogens (tertiary/aromatic N) is 2. The minimum absolute atomic E-state index is 0.247. The van der Waals surface area contributed by atoms with Crippen LogP contribution in [0.3, 0.4) is 0 Å². The fraction of sp³-hybridized carbons (Fsp3) is 0.111. The molecule has 8 heteroatoms. The van der Waals surface area contributed by atoms with E-state index in [1.54, 1.807) is 35.0 Å². The average Bonchev–Trinajstić information content (AvgIpc) is 3.05. The number of hydrogen-bond donors (Lipinski definition) is 2. The first-order chi connectivity index (χ1) is 12.4. The zero-order valence-electron chi connectivity index (χ0n) is 14.3. The van der Waals surface area contributed by atoms with Crippen LogP contribution in [0.2, 0.25) is 0 Å². The Morgan fingerprint density at radius 1 is 1.04 bits per heavy atom. The van der Waals surface area contributed by atoms with Crippen molar-refractivity contribution in [3.05, 3.63) is 54.6 Å². The number of sulfone groups is 1. The van der Waals surface area contributed by atoms with E-state index in [1.807, 2.05) is 31.3 Å². The third-order valence-corrected chi connectivity index (χ3v) is 5.02. The lowest BCUT2D eigenvalue weighted by molar-refractivity contribution is -0.105. The maximum Gasteiger partial charge on any atom is 0.212 e. The molecule has 1 amide bonds. The van der Waals surface area contributed by atoms with Crippen molar-refractivity contribution in [3.8, 4) is 16.9 Å². The number of amides is 1. The summed E-state index contributed by atoms with van der Waals surface area (Å²) in [6, 6.07) is 15.9. The van der Waals surface area contributed by atoms with Gasteiger partial charge in [0.25, 0.3) is 0 Å². The van der Waals surface area contributed by atoms with Gasteiger partial charge < -0.3 is 10.6 Å². The fourth-order valence-electron chi connectivity index (χ4n) is 2.56. The van der Waals surface area contributed by atoms with E-state index in [0.717, 1.165) is 22.6 Å². The summed E-state index contributed by atoms with van der Waals surface area (Å²) in [6.45, 7) is 0. The van der Waals surface area contributed by atoms with Crippen LogP contribution in [0.5, 0.6) is 0 Å². The molecule has 3 aromatic rings. The second kappa shape index (κ2) is 7.01. The molecule has 3 rings (SSSR count). The van der Waals surface area contributed by atoms with E-state index >= 15 is 0 Å². The average molecular weight is 370 g/mol. The van der Waals surface area contributed by atoms with E-state index in [-0.39, 0.29) is 4.90 Å². The van der Waals surface area contributed by atoms with Crippen LogP contribution in [0.25, 0.3) is 16.9 Å². The Bertz CT molecular complexity index is 1020. The quantitative estimate of drug-likeness (QED) is 0.651. The summed E-state index contributed by atoms with van der Waals surface area (Å²) < 4.78 is 25.0. The van der Waals surface area contributed by atoms with Gasteiger partial charge in [-0.3, -0.25) is 4.79 Å². The van der Waals surface area contributed by atoms with Crippen LogP contribution in [-0.4, -0.2) is 37.9 Å². The molecule has 134 valence electrons. The predicted octanol–water partition coefficient (Wildman–Crippen LogP) is 2.55. The van der Waals surface area contributed by atoms with E-state index in [1.165, 1.54) is 6.26 Å². The van der Waals surface area contributed by atoms with Crippen molar-refractivity contribution in [2.45, 2.75) is 4.90 Å². The third kappa shape index (κ3) is 3.60. The molecule has 0 aliphatic carbocycles.